The van der Waals surface area contributed by atoms with Gasteiger partial charge in [-0.1, -0.05) is 6.58 Å². The molecule has 0 radical (unpaired) electrons. The zero-order valence-electron chi connectivity index (χ0n) is 22.2. The van der Waals surface area contributed by atoms with Gasteiger partial charge in [0.2, 0.25) is 5.95 Å². The Morgan fingerprint density at radius 3 is 2.50 bits per heavy atom. The second-order valence-corrected chi connectivity index (χ2v) is 10.5. The minimum atomic E-state index is -0.883. The Kier molecular flexibility index (Phi) is 6.75. The number of aromatic nitrogens is 3. The summed E-state index contributed by atoms with van der Waals surface area (Å²) >= 11 is 0. The molecule has 40 heavy (non-hydrogen) atoms. The standard InChI is InChI=1S/C28H29F2N5O5/c1-4-17(36)5-16-9-39-10-19(16)33-27-31-8-15-6-18(22-23(29)20(37-2)7-21(38-3)24(22)30)32-26(25(15)34-27)35-11-28(12-35)13-40-14-28/h4,6-8,16,19H,1,5,9-14H2,2-3H3,(H,31,33,34)/t16-,19+/m0/s1. The van der Waals surface area contributed by atoms with E-state index in [1.54, 1.807) is 12.3 Å². The minimum absolute atomic E-state index is 0.0485. The van der Waals surface area contributed by atoms with Gasteiger partial charge in [-0.3, -0.25) is 4.79 Å². The summed E-state index contributed by atoms with van der Waals surface area (Å²) in [5.74, 6) is -1.36. The molecule has 3 aromatic rings. The molecule has 10 nitrogen and oxygen atoms in total. The highest BCUT2D eigenvalue weighted by atomic mass is 19.1. The second kappa shape index (κ2) is 10.3. The molecule has 3 aliphatic heterocycles. The summed E-state index contributed by atoms with van der Waals surface area (Å²) < 4.78 is 52.1. The number of allylic oxidation sites excluding steroid dienone is 1. The molecule has 6 rings (SSSR count). The normalized spacial score (nSPS) is 21.1. The predicted molar refractivity (Wildman–Crippen MR) is 143 cm³/mol. The van der Waals surface area contributed by atoms with Crippen molar-refractivity contribution >= 4 is 28.5 Å². The van der Waals surface area contributed by atoms with Crippen LogP contribution in [0.1, 0.15) is 6.42 Å². The largest absolute Gasteiger partial charge is 0.494 e. The zero-order valence-corrected chi connectivity index (χ0v) is 22.2. The van der Waals surface area contributed by atoms with Crippen molar-refractivity contribution in [3.05, 3.63) is 42.6 Å². The number of hydrogen-bond donors (Lipinski definition) is 1. The molecule has 3 aliphatic rings. The number of anilines is 2. The van der Waals surface area contributed by atoms with Gasteiger partial charge in [0.15, 0.2) is 34.7 Å². The number of rotatable bonds is 9. The molecule has 3 saturated heterocycles. The highest BCUT2D eigenvalue weighted by molar-refractivity contribution is 5.93. The second-order valence-electron chi connectivity index (χ2n) is 10.5. The Hall–Kier alpha value is -3.90. The van der Waals surface area contributed by atoms with Crippen LogP contribution in [0.25, 0.3) is 22.2 Å². The monoisotopic (exact) mass is 553 g/mol. The van der Waals surface area contributed by atoms with Gasteiger partial charge in [0.05, 0.1) is 63.4 Å². The fraction of sp³-hybridized carbons (Fsp3) is 0.429. The number of ether oxygens (including phenoxy) is 4. The van der Waals surface area contributed by atoms with Gasteiger partial charge in [-0.15, -0.1) is 0 Å². The van der Waals surface area contributed by atoms with Crippen LogP contribution in [-0.2, 0) is 14.3 Å². The molecule has 1 spiro atoms. The molecule has 0 bridgehead atoms. The average Bonchev–Trinajstić information content (AvgIpc) is 3.33. The number of hydrogen-bond acceptors (Lipinski definition) is 10. The first-order valence-electron chi connectivity index (χ1n) is 12.9. The quantitative estimate of drug-likeness (QED) is 0.396. The van der Waals surface area contributed by atoms with E-state index in [2.05, 4.69) is 16.9 Å². The van der Waals surface area contributed by atoms with Gasteiger partial charge in [0, 0.05) is 43.1 Å². The number of pyridine rings is 1. The smallest absolute Gasteiger partial charge is 0.223 e. The van der Waals surface area contributed by atoms with Crippen molar-refractivity contribution in [2.24, 2.45) is 11.3 Å². The van der Waals surface area contributed by atoms with Gasteiger partial charge >= 0.3 is 0 Å². The summed E-state index contributed by atoms with van der Waals surface area (Å²) in [5, 5.41) is 3.85. The van der Waals surface area contributed by atoms with E-state index in [1.807, 2.05) is 4.90 Å². The first-order chi connectivity index (χ1) is 19.3. The summed E-state index contributed by atoms with van der Waals surface area (Å²) in [5.41, 5.74) is 0.295. The predicted octanol–water partition coefficient (Wildman–Crippen LogP) is 3.40. The maximum Gasteiger partial charge on any atom is 0.223 e. The van der Waals surface area contributed by atoms with Crippen molar-refractivity contribution in [1.29, 1.82) is 0 Å². The van der Waals surface area contributed by atoms with E-state index in [9.17, 15) is 4.79 Å². The highest BCUT2D eigenvalue weighted by Gasteiger charge is 2.50. The minimum Gasteiger partial charge on any atom is -0.494 e. The van der Waals surface area contributed by atoms with Gasteiger partial charge in [0.25, 0.3) is 0 Å². The fourth-order valence-electron chi connectivity index (χ4n) is 5.50. The van der Waals surface area contributed by atoms with Crippen molar-refractivity contribution in [1.82, 2.24) is 15.0 Å². The average molecular weight is 554 g/mol. The third-order valence-electron chi connectivity index (χ3n) is 7.75. The van der Waals surface area contributed by atoms with E-state index in [0.29, 0.717) is 68.6 Å². The van der Waals surface area contributed by atoms with Crippen LogP contribution in [0.5, 0.6) is 11.5 Å². The van der Waals surface area contributed by atoms with Crippen LogP contribution in [0.4, 0.5) is 20.5 Å². The molecule has 5 heterocycles. The number of carbonyl (C=O) groups is 1. The third kappa shape index (κ3) is 4.50. The Balaban J connectivity index is 1.41. The topological polar surface area (TPSA) is 108 Å². The van der Waals surface area contributed by atoms with Crippen LogP contribution in [-0.4, -0.2) is 80.5 Å². The summed E-state index contributed by atoms with van der Waals surface area (Å²) in [4.78, 5) is 27.9. The van der Waals surface area contributed by atoms with Crippen LogP contribution in [0, 0.1) is 23.0 Å². The Morgan fingerprint density at radius 2 is 1.88 bits per heavy atom. The number of nitrogens with one attached hydrogen (secondary N) is 1. The molecule has 0 amide bonds. The molecule has 210 valence electrons. The lowest BCUT2D eigenvalue weighted by atomic mass is 9.78. The first kappa shape index (κ1) is 26.3. The Bertz CT molecular complexity index is 1460. The number of ketones is 1. The lowest BCUT2D eigenvalue weighted by Gasteiger charge is -2.55. The number of carbonyl (C=O) groups excluding carboxylic acids is 1. The number of fused-ring (bicyclic) bond motifs is 1. The van der Waals surface area contributed by atoms with Gasteiger partial charge in [-0.2, -0.15) is 0 Å². The first-order valence-corrected chi connectivity index (χ1v) is 12.9. The fourth-order valence-corrected chi connectivity index (χ4v) is 5.50. The summed E-state index contributed by atoms with van der Waals surface area (Å²) in [7, 11) is 2.60. The highest BCUT2D eigenvalue weighted by Crippen LogP contribution is 2.43. The lowest BCUT2D eigenvalue weighted by Crippen LogP contribution is -2.66. The molecule has 0 saturated carbocycles. The molecule has 1 N–H and O–H groups in total. The van der Waals surface area contributed by atoms with Crippen LogP contribution in [0.2, 0.25) is 0 Å². The molecule has 3 fully saturated rings. The van der Waals surface area contributed by atoms with Gasteiger partial charge in [-0.05, 0) is 12.1 Å². The van der Waals surface area contributed by atoms with Crippen LogP contribution < -0.4 is 19.7 Å². The van der Waals surface area contributed by atoms with Crippen LogP contribution >= 0.6 is 0 Å². The van der Waals surface area contributed by atoms with Gasteiger partial charge in [-0.25, -0.2) is 23.7 Å². The summed E-state index contributed by atoms with van der Waals surface area (Å²) in [6.45, 7) is 7.08. The zero-order chi connectivity index (χ0) is 28.0. The van der Waals surface area contributed by atoms with E-state index in [1.165, 1.54) is 20.3 Å². The van der Waals surface area contributed by atoms with E-state index < -0.39 is 11.6 Å². The maximum absolute atomic E-state index is 15.4. The molecule has 2 aromatic heterocycles. The van der Waals surface area contributed by atoms with Crippen LogP contribution in [0.3, 0.4) is 0 Å². The lowest BCUT2D eigenvalue weighted by molar-refractivity contribution is -0.127. The molecular formula is C28H29F2N5O5. The van der Waals surface area contributed by atoms with E-state index in [4.69, 9.17) is 28.9 Å². The molecular weight excluding hydrogens is 524 g/mol. The number of benzene rings is 1. The van der Waals surface area contributed by atoms with Crippen molar-refractivity contribution in [3.63, 3.8) is 0 Å². The van der Waals surface area contributed by atoms with Crippen molar-refractivity contribution in [2.45, 2.75) is 12.5 Å². The van der Waals surface area contributed by atoms with Gasteiger partial charge < -0.3 is 29.2 Å². The molecule has 1 aromatic carbocycles. The molecule has 0 unspecified atom stereocenters. The van der Waals surface area contributed by atoms with E-state index >= 15 is 8.78 Å². The number of methoxy groups -OCH3 is 2. The van der Waals surface area contributed by atoms with Gasteiger partial charge in [0.1, 0.15) is 5.52 Å². The van der Waals surface area contributed by atoms with E-state index in [0.717, 1.165) is 6.07 Å². The summed E-state index contributed by atoms with van der Waals surface area (Å²) in [6.07, 6.45) is 3.21. The Morgan fingerprint density at radius 1 is 1.15 bits per heavy atom. The summed E-state index contributed by atoms with van der Waals surface area (Å²) in [6, 6.07) is 2.55. The van der Waals surface area contributed by atoms with Crippen molar-refractivity contribution in [2.75, 3.05) is 64.0 Å². The van der Waals surface area contributed by atoms with Crippen molar-refractivity contribution < 1.29 is 32.5 Å². The number of halogens is 2. The Labute approximate surface area is 229 Å². The molecule has 2 atom stereocenters. The number of nitrogens with zero attached hydrogens (tertiary/aromatic N) is 4. The third-order valence-corrected chi connectivity index (χ3v) is 7.75. The maximum atomic E-state index is 15.4. The van der Waals surface area contributed by atoms with E-state index in [-0.39, 0.29) is 45.9 Å². The molecule has 12 heteroatoms. The SMILES string of the molecule is C=CC(=O)C[C@H]1COC[C@H]1Nc1ncc2cc(-c3c(F)c(OC)cc(OC)c3F)nc(N3CC4(COC4)C3)c2n1. The molecule has 0 aliphatic carbocycles. The van der Waals surface area contributed by atoms with Crippen molar-refractivity contribution in [3.8, 4) is 22.8 Å². The van der Waals surface area contributed by atoms with Crippen LogP contribution in [0.15, 0.2) is 31.0 Å².